The fourth-order valence-electron chi connectivity index (χ4n) is 1.74. The zero-order chi connectivity index (χ0) is 12.7. The Hall–Kier alpha value is -1.51. The highest BCUT2D eigenvalue weighted by atomic mass is 16.5. The highest BCUT2D eigenvalue weighted by molar-refractivity contribution is 5.95. The maximum absolute atomic E-state index is 11.6. The number of nitrogens with one attached hydrogen (secondary N) is 1. The molecule has 1 aromatic rings. The van der Waals surface area contributed by atoms with Gasteiger partial charge in [0, 0.05) is 11.7 Å². The number of hydrogen-bond acceptors (Lipinski definition) is 3. The van der Waals surface area contributed by atoms with Crippen LogP contribution in [0.5, 0.6) is 0 Å². The van der Waals surface area contributed by atoms with Gasteiger partial charge in [0.2, 0.25) is 0 Å². The number of carbonyl (C=O) groups excluding carboxylic acids is 1. The summed E-state index contributed by atoms with van der Waals surface area (Å²) in [7, 11) is 1.40. The second-order valence-corrected chi connectivity index (χ2v) is 4.22. The predicted molar refractivity (Wildman–Crippen MR) is 70.4 cm³/mol. The number of hydrogen-bond donors (Lipinski definition) is 1. The van der Waals surface area contributed by atoms with Crippen LogP contribution in [0.1, 0.15) is 43.5 Å². The summed E-state index contributed by atoms with van der Waals surface area (Å²) in [5.41, 5.74) is 1.45. The van der Waals surface area contributed by atoms with E-state index in [9.17, 15) is 4.79 Å². The largest absolute Gasteiger partial charge is 0.465 e. The van der Waals surface area contributed by atoms with E-state index in [1.807, 2.05) is 18.2 Å². The number of para-hydroxylation sites is 1. The maximum Gasteiger partial charge on any atom is 0.339 e. The van der Waals surface area contributed by atoms with Gasteiger partial charge in [-0.2, -0.15) is 0 Å². The Morgan fingerprint density at radius 3 is 2.76 bits per heavy atom. The third-order valence-corrected chi connectivity index (χ3v) is 2.72. The molecule has 0 fully saturated rings. The Morgan fingerprint density at radius 2 is 2.12 bits per heavy atom. The van der Waals surface area contributed by atoms with E-state index >= 15 is 0 Å². The topological polar surface area (TPSA) is 38.3 Å². The molecular formula is C14H21NO2. The molecule has 0 saturated carbocycles. The number of benzene rings is 1. The van der Waals surface area contributed by atoms with Crippen LogP contribution >= 0.6 is 0 Å². The van der Waals surface area contributed by atoms with Crippen molar-refractivity contribution in [3.8, 4) is 0 Å². The summed E-state index contributed by atoms with van der Waals surface area (Å²) >= 11 is 0. The molecule has 0 radical (unpaired) electrons. The van der Waals surface area contributed by atoms with Crippen molar-refractivity contribution in [2.45, 2.75) is 39.2 Å². The number of ether oxygens (including phenoxy) is 1. The molecule has 0 amide bonds. The van der Waals surface area contributed by atoms with Crippen LogP contribution in [0.4, 0.5) is 5.69 Å². The van der Waals surface area contributed by atoms with Crippen LogP contribution < -0.4 is 5.32 Å². The van der Waals surface area contributed by atoms with Gasteiger partial charge in [0.25, 0.3) is 0 Å². The number of esters is 1. The Labute approximate surface area is 103 Å². The summed E-state index contributed by atoms with van der Waals surface area (Å²) < 4.78 is 4.76. The van der Waals surface area contributed by atoms with Gasteiger partial charge in [0.05, 0.1) is 12.7 Å². The van der Waals surface area contributed by atoms with Gasteiger partial charge in [-0.25, -0.2) is 4.79 Å². The fourth-order valence-corrected chi connectivity index (χ4v) is 1.74. The first-order valence-corrected chi connectivity index (χ1v) is 6.13. The van der Waals surface area contributed by atoms with Crippen molar-refractivity contribution in [1.29, 1.82) is 0 Å². The lowest BCUT2D eigenvalue weighted by Gasteiger charge is -2.16. The molecule has 1 N–H and O–H groups in total. The lowest BCUT2D eigenvalue weighted by Crippen LogP contribution is -2.17. The van der Waals surface area contributed by atoms with E-state index in [2.05, 4.69) is 19.2 Å². The van der Waals surface area contributed by atoms with Crippen molar-refractivity contribution < 1.29 is 9.53 Å². The van der Waals surface area contributed by atoms with Crippen LogP contribution in [0.25, 0.3) is 0 Å². The van der Waals surface area contributed by atoms with Gasteiger partial charge in [0.15, 0.2) is 0 Å². The highest BCUT2D eigenvalue weighted by Gasteiger charge is 2.12. The molecule has 1 atom stereocenters. The molecule has 0 aliphatic carbocycles. The van der Waals surface area contributed by atoms with Crippen LogP contribution in [0, 0.1) is 0 Å². The highest BCUT2D eigenvalue weighted by Crippen LogP contribution is 2.18. The van der Waals surface area contributed by atoms with Gasteiger partial charge in [-0.1, -0.05) is 31.9 Å². The number of methoxy groups -OCH3 is 1. The van der Waals surface area contributed by atoms with Gasteiger partial charge in [-0.3, -0.25) is 0 Å². The van der Waals surface area contributed by atoms with Crippen molar-refractivity contribution in [3.63, 3.8) is 0 Å². The molecule has 3 heteroatoms. The first-order valence-electron chi connectivity index (χ1n) is 6.13. The van der Waals surface area contributed by atoms with Gasteiger partial charge in [0.1, 0.15) is 0 Å². The van der Waals surface area contributed by atoms with Gasteiger partial charge >= 0.3 is 5.97 Å². The molecule has 3 nitrogen and oxygen atoms in total. The fraction of sp³-hybridized carbons (Fsp3) is 0.500. The second-order valence-electron chi connectivity index (χ2n) is 4.22. The van der Waals surface area contributed by atoms with Crippen molar-refractivity contribution in [2.24, 2.45) is 0 Å². The normalized spacial score (nSPS) is 11.9. The molecule has 0 heterocycles. The number of carbonyl (C=O) groups is 1. The van der Waals surface area contributed by atoms with Crippen LogP contribution in [-0.4, -0.2) is 19.1 Å². The van der Waals surface area contributed by atoms with Crippen molar-refractivity contribution in [2.75, 3.05) is 12.4 Å². The number of unbranched alkanes of at least 4 members (excludes halogenated alkanes) is 1. The lowest BCUT2D eigenvalue weighted by atomic mass is 10.1. The predicted octanol–water partition coefficient (Wildman–Crippen LogP) is 3.46. The van der Waals surface area contributed by atoms with Crippen molar-refractivity contribution in [1.82, 2.24) is 0 Å². The first-order chi connectivity index (χ1) is 8.19. The van der Waals surface area contributed by atoms with Crippen molar-refractivity contribution in [3.05, 3.63) is 29.8 Å². The SMILES string of the molecule is CCCCC(C)Nc1ccccc1C(=O)OC. The van der Waals surface area contributed by atoms with Gasteiger partial charge in [-0.05, 0) is 25.5 Å². The molecule has 0 aromatic heterocycles. The second kappa shape index (κ2) is 6.94. The molecule has 0 spiro atoms. The lowest BCUT2D eigenvalue weighted by molar-refractivity contribution is 0.0602. The molecule has 1 aromatic carbocycles. The monoisotopic (exact) mass is 235 g/mol. The third-order valence-electron chi connectivity index (χ3n) is 2.72. The van der Waals surface area contributed by atoms with E-state index in [0.717, 1.165) is 12.1 Å². The summed E-state index contributed by atoms with van der Waals surface area (Å²) in [6.07, 6.45) is 3.48. The molecule has 0 aliphatic rings. The van der Waals surface area contributed by atoms with Gasteiger partial charge < -0.3 is 10.1 Å². The minimum absolute atomic E-state index is 0.296. The van der Waals surface area contributed by atoms with E-state index < -0.39 is 0 Å². The summed E-state index contributed by atoms with van der Waals surface area (Å²) in [6, 6.07) is 7.81. The minimum Gasteiger partial charge on any atom is -0.465 e. The van der Waals surface area contributed by atoms with Crippen LogP contribution in [0.2, 0.25) is 0 Å². The molecule has 1 rings (SSSR count). The standard InChI is InChI=1S/C14H21NO2/c1-4-5-8-11(2)15-13-10-7-6-9-12(13)14(16)17-3/h6-7,9-11,15H,4-5,8H2,1-3H3. The van der Waals surface area contributed by atoms with E-state index in [1.54, 1.807) is 6.07 Å². The molecule has 94 valence electrons. The van der Waals surface area contributed by atoms with Crippen LogP contribution in [0.3, 0.4) is 0 Å². The zero-order valence-electron chi connectivity index (χ0n) is 10.8. The molecule has 0 bridgehead atoms. The van der Waals surface area contributed by atoms with E-state index in [4.69, 9.17) is 4.74 Å². The van der Waals surface area contributed by atoms with Crippen LogP contribution in [-0.2, 0) is 4.74 Å². The molecule has 1 unspecified atom stereocenters. The van der Waals surface area contributed by atoms with Gasteiger partial charge in [-0.15, -0.1) is 0 Å². The first kappa shape index (κ1) is 13.6. The third kappa shape index (κ3) is 4.10. The number of rotatable bonds is 6. The van der Waals surface area contributed by atoms with E-state index in [-0.39, 0.29) is 5.97 Å². The zero-order valence-corrected chi connectivity index (χ0v) is 10.8. The Bertz CT molecular complexity index is 363. The van der Waals surface area contributed by atoms with E-state index in [1.165, 1.54) is 20.0 Å². The number of anilines is 1. The molecular weight excluding hydrogens is 214 g/mol. The molecule has 0 aliphatic heterocycles. The summed E-state index contributed by atoms with van der Waals surface area (Å²) in [5.74, 6) is -0.296. The minimum atomic E-state index is -0.296. The quantitative estimate of drug-likeness (QED) is 0.767. The molecule has 0 saturated heterocycles. The molecule has 17 heavy (non-hydrogen) atoms. The summed E-state index contributed by atoms with van der Waals surface area (Å²) in [6.45, 7) is 4.30. The van der Waals surface area contributed by atoms with E-state index in [0.29, 0.717) is 11.6 Å². The summed E-state index contributed by atoms with van der Waals surface area (Å²) in [4.78, 5) is 11.6. The maximum atomic E-state index is 11.6. The summed E-state index contributed by atoms with van der Waals surface area (Å²) in [5, 5.41) is 3.36. The Morgan fingerprint density at radius 1 is 1.41 bits per heavy atom. The Kier molecular flexibility index (Phi) is 5.53. The van der Waals surface area contributed by atoms with Crippen molar-refractivity contribution >= 4 is 11.7 Å². The average molecular weight is 235 g/mol. The smallest absolute Gasteiger partial charge is 0.339 e. The Balaban J connectivity index is 2.73. The van der Waals surface area contributed by atoms with Crippen LogP contribution in [0.15, 0.2) is 24.3 Å². The average Bonchev–Trinajstić information content (AvgIpc) is 2.36.